The third-order valence-corrected chi connectivity index (χ3v) is 5.15. The minimum atomic E-state index is -0.242. The number of nitrogens with one attached hydrogen (secondary N) is 1. The number of halogens is 2. The molecule has 2 aromatic heterocycles. The molecule has 2 nitrogen and oxygen atoms in total. The fourth-order valence-corrected chi connectivity index (χ4v) is 3.85. The molecule has 0 saturated carbocycles. The third-order valence-electron chi connectivity index (χ3n) is 2.42. The summed E-state index contributed by atoms with van der Waals surface area (Å²) < 4.78 is 13.9. The standard InChI is InChI=1S/C13H8BrFN2S2/c14-12-6-5-10(18-12)11-7-16-13(19-11)17-9-3-1-8(15)2-4-9/h1-7H,(H,16,17). The zero-order chi connectivity index (χ0) is 13.2. The molecule has 3 rings (SSSR count). The number of thiazole rings is 1. The molecule has 0 atom stereocenters. The van der Waals surface area contributed by atoms with E-state index in [1.165, 1.54) is 17.0 Å². The van der Waals surface area contributed by atoms with Crippen molar-refractivity contribution in [2.45, 2.75) is 0 Å². The van der Waals surface area contributed by atoms with Gasteiger partial charge in [0.25, 0.3) is 0 Å². The maximum Gasteiger partial charge on any atom is 0.187 e. The van der Waals surface area contributed by atoms with E-state index in [2.05, 4.69) is 32.3 Å². The van der Waals surface area contributed by atoms with Crippen LogP contribution in [0.15, 0.2) is 46.4 Å². The lowest BCUT2D eigenvalue weighted by molar-refractivity contribution is 0.628. The monoisotopic (exact) mass is 354 g/mol. The summed E-state index contributed by atoms with van der Waals surface area (Å²) in [5.74, 6) is -0.242. The van der Waals surface area contributed by atoms with Gasteiger partial charge in [0.2, 0.25) is 0 Å². The van der Waals surface area contributed by atoms with Crippen molar-refractivity contribution < 1.29 is 4.39 Å². The van der Waals surface area contributed by atoms with Crippen LogP contribution in [0.25, 0.3) is 9.75 Å². The smallest absolute Gasteiger partial charge is 0.187 e. The fourth-order valence-electron chi connectivity index (χ4n) is 1.55. The van der Waals surface area contributed by atoms with Crippen molar-refractivity contribution in [3.8, 4) is 9.75 Å². The van der Waals surface area contributed by atoms with Crippen LogP contribution >= 0.6 is 38.6 Å². The molecule has 0 fully saturated rings. The lowest BCUT2D eigenvalue weighted by atomic mass is 10.3. The van der Waals surface area contributed by atoms with Crippen LogP contribution in [0.3, 0.4) is 0 Å². The Morgan fingerprint density at radius 2 is 1.79 bits per heavy atom. The summed E-state index contributed by atoms with van der Waals surface area (Å²) in [6.45, 7) is 0. The first-order chi connectivity index (χ1) is 9.20. The molecule has 2 heterocycles. The van der Waals surface area contributed by atoms with E-state index in [0.717, 1.165) is 19.5 Å². The van der Waals surface area contributed by atoms with Gasteiger partial charge in [-0.1, -0.05) is 11.3 Å². The second kappa shape index (κ2) is 5.40. The number of anilines is 2. The van der Waals surface area contributed by atoms with Crippen molar-refractivity contribution in [2.75, 3.05) is 5.32 Å². The number of benzene rings is 1. The van der Waals surface area contributed by atoms with Gasteiger partial charge in [0, 0.05) is 16.8 Å². The van der Waals surface area contributed by atoms with E-state index in [4.69, 9.17) is 0 Å². The molecule has 0 radical (unpaired) electrons. The van der Waals surface area contributed by atoms with Crippen molar-refractivity contribution in [3.05, 3.63) is 52.2 Å². The van der Waals surface area contributed by atoms with E-state index in [1.54, 1.807) is 34.8 Å². The maximum atomic E-state index is 12.8. The Kier molecular flexibility index (Phi) is 3.63. The summed E-state index contributed by atoms with van der Waals surface area (Å²) >= 11 is 6.69. The van der Waals surface area contributed by atoms with Gasteiger partial charge in [-0.15, -0.1) is 11.3 Å². The van der Waals surface area contributed by atoms with E-state index in [0.29, 0.717) is 0 Å². The molecule has 1 aromatic carbocycles. The predicted octanol–water partition coefficient (Wildman–Crippen LogP) is 5.52. The van der Waals surface area contributed by atoms with E-state index in [-0.39, 0.29) is 5.82 Å². The summed E-state index contributed by atoms with van der Waals surface area (Å²) in [4.78, 5) is 6.61. The molecule has 0 spiro atoms. The molecule has 0 aliphatic heterocycles. The first-order valence-electron chi connectivity index (χ1n) is 5.45. The number of thiophene rings is 1. The van der Waals surface area contributed by atoms with Crippen molar-refractivity contribution in [3.63, 3.8) is 0 Å². The highest BCUT2D eigenvalue weighted by Crippen LogP contribution is 2.36. The van der Waals surface area contributed by atoms with Gasteiger partial charge in [-0.2, -0.15) is 0 Å². The second-order valence-electron chi connectivity index (χ2n) is 3.77. The summed E-state index contributed by atoms with van der Waals surface area (Å²) in [5.41, 5.74) is 0.828. The van der Waals surface area contributed by atoms with E-state index in [1.807, 2.05) is 12.3 Å². The molecule has 0 amide bonds. The number of aromatic nitrogens is 1. The van der Waals surface area contributed by atoms with E-state index < -0.39 is 0 Å². The van der Waals surface area contributed by atoms with Crippen LogP contribution in [-0.2, 0) is 0 Å². The Labute approximate surface area is 126 Å². The van der Waals surface area contributed by atoms with Gasteiger partial charge in [-0.05, 0) is 52.3 Å². The minimum Gasteiger partial charge on any atom is -0.332 e. The highest BCUT2D eigenvalue weighted by Gasteiger charge is 2.07. The molecule has 0 saturated heterocycles. The molecule has 0 aliphatic carbocycles. The molecule has 0 bridgehead atoms. The lowest BCUT2D eigenvalue weighted by Crippen LogP contribution is -1.88. The van der Waals surface area contributed by atoms with Crippen molar-refractivity contribution in [2.24, 2.45) is 0 Å². The lowest BCUT2D eigenvalue weighted by Gasteiger charge is -2.00. The molecule has 96 valence electrons. The summed E-state index contributed by atoms with van der Waals surface area (Å²) in [6, 6.07) is 10.3. The van der Waals surface area contributed by atoms with Crippen LogP contribution in [0.2, 0.25) is 0 Å². The molecule has 0 unspecified atom stereocenters. The second-order valence-corrected chi connectivity index (χ2v) is 7.26. The minimum absolute atomic E-state index is 0.242. The fraction of sp³-hybridized carbons (Fsp3) is 0. The SMILES string of the molecule is Fc1ccc(Nc2ncc(-c3ccc(Br)s3)s2)cc1. The van der Waals surface area contributed by atoms with Gasteiger partial charge >= 0.3 is 0 Å². The Morgan fingerprint density at radius 1 is 1.00 bits per heavy atom. The molecular weight excluding hydrogens is 347 g/mol. The summed E-state index contributed by atoms with van der Waals surface area (Å²) in [7, 11) is 0. The quantitative estimate of drug-likeness (QED) is 0.669. The Bertz CT molecular complexity index is 691. The number of hydrogen-bond acceptors (Lipinski definition) is 4. The van der Waals surface area contributed by atoms with Gasteiger partial charge in [0.15, 0.2) is 5.13 Å². The maximum absolute atomic E-state index is 12.8. The normalized spacial score (nSPS) is 10.6. The first-order valence-corrected chi connectivity index (χ1v) is 7.87. The van der Waals surface area contributed by atoms with Crippen LogP contribution in [0.1, 0.15) is 0 Å². The largest absolute Gasteiger partial charge is 0.332 e. The van der Waals surface area contributed by atoms with Crippen molar-refractivity contribution in [1.29, 1.82) is 0 Å². The molecule has 0 aliphatic rings. The molecular formula is C13H8BrFN2S2. The molecule has 19 heavy (non-hydrogen) atoms. The zero-order valence-electron chi connectivity index (χ0n) is 9.56. The van der Waals surface area contributed by atoms with Gasteiger partial charge in [-0.3, -0.25) is 0 Å². The summed E-state index contributed by atoms with van der Waals surface area (Å²) in [5, 5.41) is 3.96. The molecule has 3 aromatic rings. The van der Waals surface area contributed by atoms with E-state index in [9.17, 15) is 4.39 Å². The molecule has 6 heteroatoms. The number of nitrogens with zero attached hydrogens (tertiary/aromatic N) is 1. The Balaban J connectivity index is 1.80. The van der Waals surface area contributed by atoms with Crippen molar-refractivity contribution in [1.82, 2.24) is 4.98 Å². The van der Waals surface area contributed by atoms with Gasteiger partial charge in [-0.25, -0.2) is 9.37 Å². The van der Waals surface area contributed by atoms with E-state index >= 15 is 0 Å². The Morgan fingerprint density at radius 3 is 2.47 bits per heavy atom. The predicted molar refractivity (Wildman–Crippen MR) is 82.8 cm³/mol. The number of rotatable bonds is 3. The van der Waals surface area contributed by atoms with Crippen LogP contribution in [0, 0.1) is 5.82 Å². The first kappa shape index (κ1) is 12.8. The zero-order valence-corrected chi connectivity index (χ0v) is 12.8. The van der Waals surface area contributed by atoms with Crippen LogP contribution < -0.4 is 5.32 Å². The highest BCUT2D eigenvalue weighted by molar-refractivity contribution is 9.11. The van der Waals surface area contributed by atoms with Gasteiger partial charge < -0.3 is 5.32 Å². The molecule has 1 N–H and O–H groups in total. The van der Waals surface area contributed by atoms with Crippen LogP contribution in [0.4, 0.5) is 15.2 Å². The van der Waals surface area contributed by atoms with Crippen LogP contribution in [-0.4, -0.2) is 4.98 Å². The summed E-state index contributed by atoms with van der Waals surface area (Å²) in [6.07, 6.45) is 1.84. The average Bonchev–Trinajstić information content (AvgIpc) is 3.01. The highest BCUT2D eigenvalue weighted by atomic mass is 79.9. The third kappa shape index (κ3) is 3.02. The Hall–Kier alpha value is -1.24. The van der Waals surface area contributed by atoms with Crippen molar-refractivity contribution >= 4 is 49.4 Å². The van der Waals surface area contributed by atoms with Gasteiger partial charge in [0.05, 0.1) is 8.66 Å². The van der Waals surface area contributed by atoms with Crippen LogP contribution in [0.5, 0.6) is 0 Å². The number of hydrogen-bond donors (Lipinski definition) is 1. The topological polar surface area (TPSA) is 24.9 Å². The average molecular weight is 355 g/mol. The van der Waals surface area contributed by atoms with Gasteiger partial charge in [0.1, 0.15) is 5.82 Å².